The Balaban J connectivity index is 1.63. The molecule has 160 valence electrons. The molecule has 1 unspecified atom stereocenters. The lowest BCUT2D eigenvalue weighted by Gasteiger charge is -2.16. The molecule has 0 aliphatic carbocycles. The summed E-state index contributed by atoms with van der Waals surface area (Å²) >= 11 is 5.81. The second kappa shape index (κ2) is 8.83. The average molecular weight is 465 g/mol. The van der Waals surface area contributed by atoms with Crippen LogP contribution in [0.1, 0.15) is 22.6 Å². The molecule has 0 aromatic heterocycles. The van der Waals surface area contributed by atoms with E-state index in [1.165, 1.54) is 24.3 Å². The first kappa shape index (κ1) is 21.6. The van der Waals surface area contributed by atoms with Crippen LogP contribution in [0.5, 0.6) is 0 Å². The van der Waals surface area contributed by atoms with E-state index >= 15 is 0 Å². The summed E-state index contributed by atoms with van der Waals surface area (Å²) in [5.74, 6) is -0.256. The minimum absolute atomic E-state index is 0.0784. The fourth-order valence-electron chi connectivity index (χ4n) is 3.39. The number of nitriles is 1. The zero-order chi connectivity index (χ0) is 22.7. The summed E-state index contributed by atoms with van der Waals surface area (Å²) < 4.78 is 27.3. The summed E-state index contributed by atoms with van der Waals surface area (Å²) in [4.78, 5) is 12.7. The lowest BCUT2D eigenvalue weighted by molar-refractivity contribution is 0.210. The number of halogens is 1. The third kappa shape index (κ3) is 4.49. The Hall–Kier alpha value is -3.67. The number of urea groups is 1. The van der Waals surface area contributed by atoms with Gasteiger partial charge in [-0.05, 0) is 47.5 Å². The van der Waals surface area contributed by atoms with Gasteiger partial charge in [0.15, 0.2) is 0 Å². The molecule has 9 heteroatoms. The molecule has 0 fully saturated rings. The van der Waals surface area contributed by atoms with Crippen molar-refractivity contribution in [2.24, 2.45) is 5.10 Å². The molecular weight excluding hydrogens is 448 g/mol. The molecule has 32 heavy (non-hydrogen) atoms. The van der Waals surface area contributed by atoms with Gasteiger partial charge >= 0.3 is 6.03 Å². The van der Waals surface area contributed by atoms with Crippen molar-refractivity contribution in [2.45, 2.75) is 10.8 Å². The molecule has 0 saturated heterocycles. The minimum Gasteiger partial charge on any atom is -0.246 e. The molecule has 1 N–H and O–H groups in total. The molecule has 0 saturated carbocycles. The highest BCUT2D eigenvalue weighted by Crippen LogP contribution is 2.29. The summed E-state index contributed by atoms with van der Waals surface area (Å²) in [5, 5.41) is 15.0. The van der Waals surface area contributed by atoms with E-state index in [2.05, 4.69) is 15.9 Å². The topological polar surface area (TPSA) is 103 Å². The predicted molar refractivity (Wildman–Crippen MR) is 121 cm³/mol. The molecule has 1 heterocycles. The Morgan fingerprint density at radius 1 is 1.03 bits per heavy atom. The fraction of sp³-hybridized carbons (Fsp3) is 0.0870. The number of nitrogens with zero attached hydrogens (tertiary/aromatic N) is 3. The van der Waals surface area contributed by atoms with Crippen LogP contribution in [0.15, 0.2) is 88.9 Å². The van der Waals surface area contributed by atoms with Crippen molar-refractivity contribution >= 4 is 33.4 Å². The molecule has 1 atom stereocenters. The fourth-order valence-corrected chi connectivity index (χ4v) is 4.47. The maximum Gasteiger partial charge on any atom is 0.351 e. The van der Waals surface area contributed by atoms with Crippen LogP contribution in [0, 0.1) is 11.3 Å². The van der Waals surface area contributed by atoms with Crippen LogP contribution in [-0.4, -0.2) is 31.7 Å². The van der Waals surface area contributed by atoms with Crippen molar-refractivity contribution in [3.8, 4) is 6.07 Å². The lowest BCUT2D eigenvalue weighted by atomic mass is 9.90. The van der Waals surface area contributed by atoms with E-state index in [9.17, 15) is 13.2 Å². The maximum absolute atomic E-state index is 12.8. The zero-order valence-electron chi connectivity index (χ0n) is 16.6. The molecule has 7 nitrogen and oxygen atoms in total. The van der Waals surface area contributed by atoms with Crippen molar-refractivity contribution < 1.29 is 13.2 Å². The largest absolute Gasteiger partial charge is 0.351 e. The first-order chi connectivity index (χ1) is 15.4. The van der Waals surface area contributed by atoms with Crippen LogP contribution in [0.25, 0.3) is 0 Å². The van der Waals surface area contributed by atoms with E-state index < -0.39 is 16.1 Å². The smallest absolute Gasteiger partial charge is 0.246 e. The van der Waals surface area contributed by atoms with Gasteiger partial charge in [0.2, 0.25) is 0 Å². The number of hydrazone groups is 1. The Labute approximate surface area is 190 Å². The van der Waals surface area contributed by atoms with Crippen LogP contribution >= 0.6 is 11.6 Å². The van der Waals surface area contributed by atoms with Crippen molar-refractivity contribution in [3.63, 3.8) is 0 Å². The maximum atomic E-state index is 12.8. The first-order valence-corrected chi connectivity index (χ1v) is 11.5. The van der Waals surface area contributed by atoms with Crippen LogP contribution in [0.2, 0.25) is 5.02 Å². The molecular formula is C23H17ClN4O3S. The normalized spacial score (nSPS) is 15.7. The van der Waals surface area contributed by atoms with E-state index in [0.29, 0.717) is 16.3 Å². The summed E-state index contributed by atoms with van der Waals surface area (Å²) in [5.41, 5.74) is 2.80. The molecule has 0 radical (unpaired) electrons. The van der Waals surface area contributed by atoms with E-state index in [1.54, 1.807) is 24.3 Å². The highest BCUT2D eigenvalue weighted by Gasteiger charge is 2.33. The second-order valence-corrected chi connectivity index (χ2v) is 9.20. The van der Waals surface area contributed by atoms with E-state index in [4.69, 9.17) is 16.9 Å². The standard InChI is InChI=1S/C23H17ClN4O3S/c24-19-10-12-20(13-11-19)32(30,31)27-23(29)28-15-21(17-4-2-1-3-5-17)22(26-28)18-8-6-16(14-25)7-9-18/h1-13,21H,15H2,(H,27,29). The molecule has 2 amide bonds. The van der Waals surface area contributed by atoms with Gasteiger partial charge in [0.05, 0.1) is 28.8 Å². The van der Waals surface area contributed by atoms with E-state index in [1.807, 2.05) is 30.3 Å². The molecule has 4 rings (SSSR count). The van der Waals surface area contributed by atoms with E-state index in [-0.39, 0.29) is 17.4 Å². The number of carbonyl (C=O) groups is 1. The number of hydrogen-bond acceptors (Lipinski definition) is 5. The molecule has 0 spiro atoms. The molecule has 3 aromatic rings. The molecule has 0 bridgehead atoms. The average Bonchev–Trinajstić information content (AvgIpc) is 3.25. The molecule has 1 aliphatic heterocycles. The lowest BCUT2D eigenvalue weighted by Crippen LogP contribution is -2.39. The number of amides is 2. The quantitative estimate of drug-likeness (QED) is 0.627. The summed E-state index contributed by atoms with van der Waals surface area (Å²) in [6, 6.07) is 23.1. The Morgan fingerprint density at radius 3 is 2.31 bits per heavy atom. The van der Waals surface area contributed by atoms with Crippen LogP contribution < -0.4 is 4.72 Å². The van der Waals surface area contributed by atoms with Crippen molar-refractivity contribution in [1.29, 1.82) is 5.26 Å². The number of nitrogens with one attached hydrogen (secondary N) is 1. The van der Waals surface area contributed by atoms with Gasteiger partial charge in [-0.1, -0.05) is 54.1 Å². The number of rotatable bonds is 4. The SMILES string of the molecule is N#Cc1ccc(C2=NN(C(=O)NS(=O)(=O)c3ccc(Cl)cc3)CC2c2ccccc2)cc1. The monoisotopic (exact) mass is 464 g/mol. The van der Waals surface area contributed by atoms with Crippen molar-refractivity contribution in [2.75, 3.05) is 6.54 Å². The van der Waals surface area contributed by atoms with Crippen LogP contribution in [0.4, 0.5) is 4.79 Å². The highest BCUT2D eigenvalue weighted by atomic mass is 35.5. The molecule has 3 aromatic carbocycles. The van der Waals surface area contributed by atoms with Gasteiger partial charge in [-0.25, -0.2) is 22.9 Å². The van der Waals surface area contributed by atoms with Gasteiger partial charge < -0.3 is 0 Å². The second-order valence-electron chi connectivity index (χ2n) is 7.08. The van der Waals surface area contributed by atoms with Crippen LogP contribution in [0.3, 0.4) is 0 Å². The number of benzene rings is 3. The number of sulfonamides is 1. The van der Waals surface area contributed by atoms with Gasteiger partial charge in [0, 0.05) is 10.9 Å². The van der Waals surface area contributed by atoms with Crippen molar-refractivity contribution in [3.05, 3.63) is 101 Å². The number of hydrogen-bond donors (Lipinski definition) is 1. The van der Waals surface area contributed by atoms with E-state index in [0.717, 1.165) is 16.1 Å². The van der Waals surface area contributed by atoms with Crippen molar-refractivity contribution in [1.82, 2.24) is 9.73 Å². The minimum atomic E-state index is -4.09. The Kier molecular flexibility index (Phi) is 5.95. The summed E-state index contributed by atoms with van der Waals surface area (Å²) in [6.07, 6.45) is 0. The van der Waals surface area contributed by atoms with Gasteiger partial charge in [-0.2, -0.15) is 10.4 Å². The summed E-state index contributed by atoms with van der Waals surface area (Å²) in [6.45, 7) is 0.168. The predicted octanol–water partition coefficient (Wildman–Crippen LogP) is 4.11. The molecule has 1 aliphatic rings. The third-order valence-electron chi connectivity index (χ3n) is 5.01. The highest BCUT2D eigenvalue weighted by molar-refractivity contribution is 7.90. The Bertz CT molecular complexity index is 1320. The first-order valence-electron chi connectivity index (χ1n) is 9.61. The Morgan fingerprint density at radius 2 is 1.69 bits per heavy atom. The van der Waals surface area contributed by atoms with Gasteiger partial charge in [-0.3, -0.25) is 0 Å². The van der Waals surface area contributed by atoms with Gasteiger partial charge in [-0.15, -0.1) is 0 Å². The van der Waals surface area contributed by atoms with Crippen LogP contribution in [-0.2, 0) is 10.0 Å². The van der Waals surface area contributed by atoms with Gasteiger partial charge in [0.1, 0.15) is 0 Å². The van der Waals surface area contributed by atoms with Gasteiger partial charge in [0.25, 0.3) is 10.0 Å². The summed E-state index contributed by atoms with van der Waals surface area (Å²) in [7, 11) is -4.09. The number of carbonyl (C=O) groups excluding carboxylic acids is 1. The zero-order valence-corrected chi connectivity index (χ0v) is 18.2. The third-order valence-corrected chi connectivity index (χ3v) is 6.59.